The third-order valence-corrected chi connectivity index (χ3v) is 7.22. The van der Waals surface area contributed by atoms with Crippen molar-refractivity contribution in [3.8, 4) is 5.75 Å². The molecular weight excluding hydrogens is 424 g/mol. The summed E-state index contributed by atoms with van der Waals surface area (Å²) in [5.41, 5.74) is 0.403. The van der Waals surface area contributed by atoms with Gasteiger partial charge in [-0.1, -0.05) is 51.4 Å². The molecule has 8 heteroatoms. The second kappa shape index (κ2) is 8.86. The number of amides is 1. The van der Waals surface area contributed by atoms with E-state index in [0.717, 1.165) is 0 Å². The van der Waals surface area contributed by atoms with Crippen LogP contribution >= 0.6 is 11.6 Å². The molecule has 0 aliphatic carbocycles. The first kappa shape index (κ1) is 22.4. The first-order chi connectivity index (χ1) is 14.1. The van der Waals surface area contributed by atoms with Gasteiger partial charge in [-0.2, -0.15) is 0 Å². The fourth-order valence-corrected chi connectivity index (χ4v) is 5.26. The van der Waals surface area contributed by atoms with Crippen molar-refractivity contribution in [2.45, 2.75) is 44.7 Å². The predicted molar refractivity (Wildman–Crippen MR) is 118 cm³/mol. The van der Waals surface area contributed by atoms with Gasteiger partial charge in [-0.15, -0.1) is 0 Å². The molecule has 0 radical (unpaired) electrons. The molecule has 2 aromatic rings. The molecule has 0 saturated carbocycles. The molecule has 1 atom stereocenters. The first-order valence-corrected chi connectivity index (χ1v) is 11.8. The number of hydrogen-bond acceptors (Lipinski definition) is 4. The third-order valence-electron chi connectivity index (χ3n) is 5.17. The van der Waals surface area contributed by atoms with Crippen molar-refractivity contribution in [2.24, 2.45) is 11.8 Å². The van der Waals surface area contributed by atoms with Gasteiger partial charge < -0.3 is 10.1 Å². The second-order valence-electron chi connectivity index (χ2n) is 8.09. The number of carbonyl (C=O) groups is 1. The van der Waals surface area contributed by atoms with Gasteiger partial charge in [-0.25, -0.2) is 8.42 Å². The molecule has 0 unspecified atom stereocenters. The molecule has 0 fully saturated rings. The molecule has 1 amide bonds. The van der Waals surface area contributed by atoms with Crippen molar-refractivity contribution in [1.29, 1.82) is 0 Å². The third kappa shape index (κ3) is 4.57. The normalized spacial score (nSPS) is 16.5. The van der Waals surface area contributed by atoms with Gasteiger partial charge >= 0.3 is 0 Å². The maximum Gasteiger partial charge on any atom is 0.264 e. The van der Waals surface area contributed by atoms with Crippen LogP contribution in [-0.2, 0) is 14.8 Å². The molecule has 1 N–H and O–H groups in total. The van der Waals surface area contributed by atoms with Crippen LogP contribution in [0.3, 0.4) is 0 Å². The highest BCUT2D eigenvalue weighted by atomic mass is 35.5. The number of rotatable bonds is 6. The Bertz CT molecular complexity index is 998. The van der Waals surface area contributed by atoms with E-state index in [4.69, 9.17) is 16.3 Å². The van der Waals surface area contributed by atoms with Crippen LogP contribution in [0.4, 0.5) is 5.69 Å². The van der Waals surface area contributed by atoms with Gasteiger partial charge in [0.15, 0.2) is 6.10 Å². The summed E-state index contributed by atoms with van der Waals surface area (Å²) in [6.45, 7) is 8.05. The average molecular weight is 451 g/mol. The summed E-state index contributed by atoms with van der Waals surface area (Å²) < 4.78 is 33.9. The van der Waals surface area contributed by atoms with Crippen molar-refractivity contribution < 1.29 is 17.9 Å². The summed E-state index contributed by atoms with van der Waals surface area (Å²) in [6, 6.07) is 12.7. The van der Waals surface area contributed by atoms with Gasteiger partial charge in [0.1, 0.15) is 5.75 Å². The lowest BCUT2D eigenvalue weighted by Gasteiger charge is -2.36. The van der Waals surface area contributed by atoms with Crippen LogP contribution in [0.2, 0.25) is 5.02 Å². The number of fused-ring (bicyclic) bond motifs is 1. The van der Waals surface area contributed by atoms with Crippen LogP contribution in [0.1, 0.15) is 27.7 Å². The van der Waals surface area contributed by atoms with E-state index in [0.29, 0.717) is 16.5 Å². The van der Waals surface area contributed by atoms with Crippen LogP contribution in [0, 0.1) is 11.8 Å². The van der Waals surface area contributed by atoms with Crippen molar-refractivity contribution in [2.75, 3.05) is 10.8 Å². The number of ether oxygens (including phenoxy) is 1. The molecule has 162 valence electrons. The largest absolute Gasteiger partial charge is 0.476 e. The lowest BCUT2D eigenvalue weighted by Crippen LogP contribution is -2.54. The minimum Gasteiger partial charge on any atom is -0.476 e. The minimum atomic E-state index is -3.91. The van der Waals surface area contributed by atoms with Crippen LogP contribution in [-0.4, -0.2) is 33.0 Å². The van der Waals surface area contributed by atoms with Crippen LogP contribution in [0.5, 0.6) is 5.75 Å². The monoisotopic (exact) mass is 450 g/mol. The van der Waals surface area contributed by atoms with Gasteiger partial charge in [0.2, 0.25) is 0 Å². The highest BCUT2D eigenvalue weighted by Gasteiger charge is 2.38. The molecule has 0 saturated heterocycles. The molecule has 1 heterocycles. The molecule has 1 aliphatic heterocycles. The number of carbonyl (C=O) groups excluding carboxylic acids is 1. The predicted octanol–water partition coefficient (Wildman–Crippen LogP) is 4.09. The Hall–Kier alpha value is -2.25. The smallest absolute Gasteiger partial charge is 0.264 e. The van der Waals surface area contributed by atoms with E-state index in [2.05, 4.69) is 5.32 Å². The van der Waals surface area contributed by atoms with Gasteiger partial charge in [0, 0.05) is 11.1 Å². The highest BCUT2D eigenvalue weighted by Crippen LogP contribution is 2.37. The maximum atomic E-state index is 13.4. The number of halogens is 1. The fourth-order valence-electron chi connectivity index (χ4n) is 3.66. The zero-order chi connectivity index (χ0) is 22.1. The lowest BCUT2D eigenvalue weighted by atomic mass is 9.93. The molecule has 0 aromatic heterocycles. The van der Waals surface area contributed by atoms with Gasteiger partial charge in [-0.05, 0) is 48.2 Å². The van der Waals surface area contributed by atoms with Crippen LogP contribution < -0.4 is 14.4 Å². The maximum absolute atomic E-state index is 13.4. The molecule has 2 aromatic carbocycles. The van der Waals surface area contributed by atoms with Crippen molar-refractivity contribution in [3.05, 3.63) is 53.6 Å². The Morgan fingerprint density at radius 2 is 1.67 bits per heavy atom. The Balaban J connectivity index is 1.94. The van der Waals surface area contributed by atoms with E-state index < -0.39 is 16.1 Å². The number of benzene rings is 2. The summed E-state index contributed by atoms with van der Waals surface area (Å²) in [5.74, 6) is 0.498. The number of anilines is 1. The molecular formula is C22H27ClN2O4S. The number of nitrogens with zero attached hydrogens (tertiary/aromatic N) is 1. The fraction of sp³-hybridized carbons (Fsp3) is 0.409. The molecule has 6 nitrogen and oxygen atoms in total. The second-order valence-corrected chi connectivity index (χ2v) is 10.4. The number of sulfonamides is 1. The lowest BCUT2D eigenvalue weighted by molar-refractivity contribution is -0.129. The SMILES string of the molecule is CC(C)C(NC(=O)[C@H]1CN(S(=O)(=O)c2ccc(Cl)cc2)c2ccccc2O1)C(C)C. The Morgan fingerprint density at radius 3 is 2.27 bits per heavy atom. The number of nitrogens with one attached hydrogen (secondary N) is 1. The molecule has 3 rings (SSSR count). The van der Waals surface area contributed by atoms with Crippen molar-refractivity contribution >= 4 is 33.2 Å². The van der Waals surface area contributed by atoms with Crippen LogP contribution in [0.15, 0.2) is 53.4 Å². The zero-order valence-electron chi connectivity index (χ0n) is 17.5. The quantitative estimate of drug-likeness (QED) is 0.719. The molecule has 0 spiro atoms. The standard InChI is InChI=1S/C22H27ClN2O4S/c1-14(2)21(15(3)4)24-22(26)20-13-25(18-7-5-6-8-19(18)29-20)30(27,28)17-11-9-16(23)10-12-17/h5-12,14-15,20-21H,13H2,1-4H3,(H,24,26)/t20-/m1/s1. The summed E-state index contributed by atoms with van der Waals surface area (Å²) >= 11 is 5.91. The summed E-state index contributed by atoms with van der Waals surface area (Å²) in [4.78, 5) is 13.1. The summed E-state index contributed by atoms with van der Waals surface area (Å²) in [5, 5.41) is 3.48. The Labute approximate surface area is 183 Å². The number of hydrogen-bond donors (Lipinski definition) is 1. The minimum absolute atomic E-state index is 0.0420. The topological polar surface area (TPSA) is 75.7 Å². The Kier molecular flexibility index (Phi) is 6.62. The van der Waals surface area contributed by atoms with Crippen molar-refractivity contribution in [3.63, 3.8) is 0 Å². The van der Waals surface area contributed by atoms with Gasteiger partial charge in [-0.3, -0.25) is 9.10 Å². The zero-order valence-corrected chi connectivity index (χ0v) is 19.1. The summed E-state index contributed by atoms with van der Waals surface area (Å²) in [6.07, 6.45) is -0.957. The number of para-hydroxylation sites is 2. The first-order valence-electron chi connectivity index (χ1n) is 9.95. The molecule has 0 bridgehead atoms. The van der Waals surface area contributed by atoms with E-state index in [9.17, 15) is 13.2 Å². The molecule has 30 heavy (non-hydrogen) atoms. The van der Waals surface area contributed by atoms with E-state index in [-0.39, 0.29) is 35.2 Å². The van der Waals surface area contributed by atoms with Crippen LogP contribution in [0.25, 0.3) is 0 Å². The summed E-state index contributed by atoms with van der Waals surface area (Å²) in [7, 11) is -3.91. The van der Waals surface area contributed by atoms with E-state index in [1.54, 1.807) is 24.3 Å². The average Bonchev–Trinajstić information content (AvgIpc) is 2.70. The highest BCUT2D eigenvalue weighted by molar-refractivity contribution is 7.92. The van der Waals surface area contributed by atoms with E-state index in [1.807, 2.05) is 27.7 Å². The Morgan fingerprint density at radius 1 is 1.07 bits per heavy atom. The van der Waals surface area contributed by atoms with E-state index >= 15 is 0 Å². The molecule has 1 aliphatic rings. The van der Waals surface area contributed by atoms with Gasteiger partial charge in [0.25, 0.3) is 15.9 Å². The van der Waals surface area contributed by atoms with E-state index in [1.165, 1.54) is 28.6 Å². The van der Waals surface area contributed by atoms with Gasteiger partial charge in [0.05, 0.1) is 17.1 Å². The van der Waals surface area contributed by atoms with Crippen molar-refractivity contribution in [1.82, 2.24) is 5.32 Å².